The van der Waals surface area contributed by atoms with Gasteiger partial charge < -0.3 is 19.9 Å². The van der Waals surface area contributed by atoms with Crippen molar-refractivity contribution in [2.24, 2.45) is 5.92 Å². The van der Waals surface area contributed by atoms with Gasteiger partial charge in [0.2, 0.25) is 5.91 Å². The number of hydrogen-bond donors (Lipinski definition) is 2. The molecular formula is C21H24N4O2. The Morgan fingerprint density at radius 3 is 3.07 bits per heavy atom. The molecule has 3 heterocycles. The minimum Gasteiger partial charge on any atom is -0.497 e. The first kappa shape index (κ1) is 17.4. The zero-order chi connectivity index (χ0) is 18.6. The van der Waals surface area contributed by atoms with Crippen molar-refractivity contribution in [1.29, 1.82) is 0 Å². The number of piperidine rings is 1. The summed E-state index contributed by atoms with van der Waals surface area (Å²) in [5, 5.41) is 4.16. The van der Waals surface area contributed by atoms with Crippen LogP contribution < -0.4 is 15.0 Å². The van der Waals surface area contributed by atoms with Crippen LogP contribution in [0.1, 0.15) is 18.5 Å². The molecule has 3 aromatic rings. The van der Waals surface area contributed by atoms with Gasteiger partial charge in [0.15, 0.2) is 0 Å². The smallest absolute Gasteiger partial charge is 0.225 e. The quantitative estimate of drug-likeness (QED) is 0.730. The summed E-state index contributed by atoms with van der Waals surface area (Å²) >= 11 is 0. The van der Waals surface area contributed by atoms with Crippen molar-refractivity contribution in [1.82, 2.24) is 15.3 Å². The average Bonchev–Trinajstić information content (AvgIpc) is 3.14. The summed E-state index contributed by atoms with van der Waals surface area (Å²) in [6.45, 7) is 2.16. The highest BCUT2D eigenvalue weighted by Crippen LogP contribution is 2.23. The van der Waals surface area contributed by atoms with Crippen LogP contribution >= 0.6 is 0 Å². The Bertz CT molecular complexity index is 922. The Morgan fingerprint density at radius 1 is 1.33 bits per heavy atom. The van der Waals surface area contributed by atoms with E-state index in [0.29, 0.717) is 13.1 Å². The van der Waals surface area contributed by atoms with Crippen molar-refractivity contribution in [2.75, 3.05) is 25.1 Å². The molecule has 1 saturated heterocycles. The van der Waals surface area contributed by atoms with Crippen LogP contribution in [-0.4, -0.2) is 36.1 Å². The highest BCUT2D eigenvalue weighted by molar-refractivity contribution is 5.83. The number of carbonyl (C=O) groups excluding carboxylic acids is 1. The van der Waals surface area contributed by atoms with Gasteiger partial charge in [0.25, 0.3) is 0 Å². The average molecular weight is 364 g/mol. The third-order valence-corrected chi connectivity index (χ3v) is 5.10. The van der Waals surface area contributed by atoms with E-state index in [2.05, 4.69) is 26.3 Å². The maximum atomic E-state index is 12.7. The molecule has 1 fully saturated rings. The van der Waals surface area contributed by atoms with Crippen LogP contribution in [0.3, 0.4) is 0 Å². The monoisotopic (exact) mass is 364 g/mol. The van der Waals surface area contributed by atoms with Gasteiger partial charge in [-0.05, 0) is 49.2 Å². The number of rotatable bonds is 5. The normalized spacial score (nSPS) is 17.1. The molecule has 1 aliphatic rings. The second kappa shape index (κ2) is 7.70. The number of nitrogens with zero attached hydrogens (tertiary/aromatic N) is 2. The lowest BCUT2D eigenvalue weighted by atomic mass is 9.97. The third-order valence-electron chi connectivity index (χ3n) is 5.10. The molecule has 2 aromatic heterocycles. The number of aromatic nitrogens is 2. The minimum atomic E-state index is -0.00905. The van der Waals surface area contributed by atoms with E-state index in [-0.39, 0.29) is 11.8 Å². The molecular weight excluding hydrogens is 340 g/mol. The van der Waals surface area contributed by atoms with E-state index in [1.807, 2.05) is 36.4 Å². The number of hydrogen-bond acceptors (Lipinski definition) is 4. The summed E-state index contributed by atoms with van der Waals surface area (Å²) in [5.41, 5.74) is 2.03. The highest BCUT2D eigenvalue weighted by atomic mass is 16.5. The topological polar surface area (TPSA) is 70.2 Å². The number of aromatic amines is 1. The molecule has 2 N–H and O–H groups in total. The van der Waals surface area contributed by atoms with Crippen LogP contribution in [0.4, 0.5) is 5.82 Å². The molecule has 0 aliphatic carbocycles. The van der Waals surface area contributed by atoms with Crippen molar-refractivity contribution >= 4 is 22.6 Å². The van der Waals surface area contributed by atoms with Crippen molar-refractivity contribution < 1.29 is 9.53 Å². The van der Waals surface area contributed by atoms with Gasteiger partial charge in [0.05, 0.1) is 19.6 Å². The van der Waals surface area contributed by atoms with E-state index in [1.165, 1.54) is 0 Å². The fourth-order valence-corrected chi connectivity index (χ4v) is 3.66. The molecule has 1 amide bonds. The minimum absolute atomic E-state index is 0.00905. The van der Waals surface area contributed by atoms with Gasteiger partial charge in [-0.3, -0.25) is 4.79 Å². The fraction of sp³-hybridized carbons (Fsp3) is 0.333. The second-order valence-electron chi connectivity index (χ2n) is 6.94. The van der Waals surface area contributed by atoms with Crippen LogP contribution in [0, 0.1) is 5.92 Å². The van der Waals surface area contributed by atoms with Crippen LogP contribution in [0.5, 0.6) is 5.75 Å². The number of benzene rings is 1. The Labute approximate surface area is 158 Å². The van der Waals surface area contributed by atoms with Gasteiger partial charge >= 0.3 is 0 Å². The molecule has 1 aromatic carbocycles. The van der Waals surface area contributed by atoms with Crippen LogP contribution in [0.15, 0.2) is 48.7 Å². The van der Waals surface area contributed by atoms with Gasteiger partial charge in [0, 0.05) is 35.9 Å². The Balaban J connectivity index is 1.37. The first-order valence-corrected chi connectivity index (χ1v) is 9.32. The molecule has 0 unspecified atom stereocenters. The maximum Gasteiger partial charge on any atom is 0.225 e. The van der Waals surface area contributed by atoms with Gasteiger partial charge in [-0.25, -0.2) is 4.98 Å². The predicted octanol–water partition coefficient (Wildman–Crippen LogP) is 3.10. The van der Waals surface area contributed by atoms with E-state index in [4.69, 9.17) is 4.74 Å². The number of fused-ring (bicyclic) bond motifs is 1. The molecule has 27 heavy (non-hydrogen) atoms. The molecule has 1 aliphatic heterocycles. The number of H-pyrrole nitrogens is 1. The largest absolute Gasteiger partial charge is 0.497 e. The highest BCUT2D eigenvalue weighted by Gasteiger charge is 2.26. The molecule has 6 heteroatoms. The molecule has 0 bridgehead atoms. The number of anilines is 1. The number of nitrogens with one attached hydrogen (secondary N) is 2. The molecule has 140 valence electrons. The summed E-state index contributed by atoms with van der Waals surface area (Å²) in [7, 11) is 1.66. The van der Waals surface area contributed by atoms with Gasteiger partial charge in [-0.2, -0.15) is 0 Å². The van der Waals surface area contributed by atoms with E-state index >= 15 is 0 Å². The van der Waals surface area contributed by atoms with Crippen LogP contribution in [0.2, 0.25) is 0 Å². The molecule has 1 atom stereocenters. The van der Waals surface area contributed by atoms with E-state index in [9.17, 15) is 4.79 Å². The predicted molar refractivity (Wildman–Crippen MR) is 106 cm³/mol. The summed E-state index contributed by atoms with van der Waals surface area (Å²) in [6, 6.07) is 13.9. The van der Waals surface area contributed by atoms with E-state index < -0.39 is 0 Å². The Kier molecular flexibility index (Phi) is 4.96. The fourth-order valence-electron chi connectivity index (χ4n) is 3.66. The molecule has 6 nitrogen and oxygen atoms in total. The number of pyridine rings is 1. The van der Waals surface area contributed by atoms with Gasteiger partial charge in [-0.15, -0.1) is 0 Å². The van der Waals surface area contributed by atoms with Crippen LogP contribution in [-0.2, 0) is 11.3 Å². The summed E-state index contributed by atoms with van der Waals surface area (Å²) < 4.78 is 5.26. The number of amides is 1. The number of methoxy groups -OCH3 is 1. The zero-order valence-corrected chi connectivity index (χ0v) is 15.4. The lowest BCUT2D eigenvalue weighted by Crippen LogP contribution is -2.43. The van der Waals surface area contributed by atoms with Gasteiger partial charge in [-0.1, -0.05) is 6.07 Å². The lowest BCUT2D eigenvalue weighted by molar-refractivity contribution is -0.125. The number of ether oxygens (including phenoxy) is 1. The Hall–Kier alpha value is -3.02. The molecule has 0 spiro atoms. The first-order valence-electron chi connectivity index (χ1n) is 9.32. The third kappa shape index (κ3) is 3.89. The standard InChI is InChI=1S/C21H24N4O2/c1-27-18-7-8-19-16(12-18)11-17(24-19)13-23-21(26)15-5-4-10-25(14-15)20-6-2-3-9-22-20/h2-3,6-9,11-12,15,24H,4-5,10,13-14H2,1H3,(H,23,26)/t15-/m1/s1. The lowest BCUT2D eigenvalue weighted by Gasteiger charge is -2.32. The summed E-state index contributed by atoms with van der Waals surface area (Å²) in [6.07, 6.45) is 3.71. The molecule has 0 saturated carbocycles. The summed E-state index contributed by atoms with van der Waals surface area (Å²) in [5.74, 6) is 1.87. The molecule has 4 rings (SSSR count). The maximum absolute atomic E-state index is 12.7. The van der Waals surface area contributed by atoms with Crippen LogP contribution in [0.25, 0.3) is 10.9 Å². The van der Waals surface area contributed by atoms with Crippen molar-refractivity contribution in [2.45, 2.75) is 19.4 Å². The SMILES string of the molecule is COc1ccc2[nH]c(CNC(=O)[C@@H]3CCCN(c4ccccn4)C3)cc2c1. The van der Waals surface area contributed by atoms with Gasteiger partial charge in [0.1, 0.15) is 11.6 Å². The van der Waals surface area contributed by atoms with Crippen molar-refractivity contribution in [3.05, 3.63) is 54.4 Å². The first-order chi connectivity index (χ1) is 13.2. The second-order valence-corrected chi connectivity index (χ2v) is 6.94. The molecule has 0 radical (unpaired) electrons. The summed E-state index contributed by atoms with van der Waals surface area (Å²) in [4.78, 5) is 22.6. The van der Waals surface area contributed by atoms with E-state index in [0.717, 1.165) is 47.6 Å². The zero-order valence-electron chi connectivity index (χ0n) is 15.4. The number of carbonyl (C=O) groups is 1. The Morgan fingerprint density at radius 2 is 2.26 bits per heavy atom. The van der Waals surface area contributed by atoms with Crippen molar-refractivity contribution in [3.63, 3.8) is 0 Å². The van der Waals surface area contributed by atoms with E-state index in [1.54, 1.807) is 13.3 Å². The van der Waals surface area contributed by atoms with Crippen molar-refractivity contribution in [3.8, 4) is 5.75 Å².